The summed E-state index contributed by atoms with van der Waals surface area (Å²) in [6, 6.07) is 17.1. The van der Waals surface area contributed by atoms with Crippen LogP contribution in [0.3, 0.4) is 0 Å². The number of nitrogens with zero attached hydrogens (tertiary/aromatic N) is 2. The molecule has 6 heteroatoms. The van der Waals surface area contributed by atoms with Crippen molar-refractivity contribution in [2.45, 2.75) is 26.7 Å². The molecule has 0 bridgehead atoms. The second-order valence-electron chi connectivity index (χ2n) is 6.15. The fraction of sp³-hybridized carbons (Fsp3) is 0.190. The number of aryl methyl sites for hydroxylation is 3. The molecule has 0 saturated carbocycles. The van der Waals surface area contributed by atoms with Gasteiger partial charge in [-0.15, -0.1) is 0 Å². The van der Waals surface area contributed by atoms with Crippen molar-refractivity contribution in [1.82, 2.24) is 9.97 Å². The summed E-state index contributed by atoms with van der Waals surface area (Å²) in [5, 5.41) is 3.57. The molecule has 27 heavy (non-hydrogen) atoms. The lowest BCUT2D eigenvalue weighted by Crippen LogP contribution is -2.15. The molecule has 0 spiro atoms. The Bertz CT molecular complexity index is 922. The highest BCUT2D eigenvalue weighted by atomic mass is 35.5. The first-order valence-electron chi connectivity index (χ1n) is 8.63. The molecule has 3 aromatic rings. The monoisotopic (exact) mass is 381 g/mol. The molecule has 138 valence electrons. The Morgan fingerprint density at radius 3 is 2.41 bits per heavy atom. The fourth-order valence-electron chi connectivity index (χ4n) is 2.66. The van der Waals surface area contributed by atoms with Crippen molar-refractivity contribution in [2.75, 3.05) is 5.32 Å². The Balaban J connectivity index is 1.65. The third-order valence-corrected chi connectivity index (χ3v) is 4.23. The van der Waals surface area contributed by atoms with Crippen LogP contribution < -0.4 is 10.1 Å². The van der Waals surface area contributed by atoms with Gasteiger partial charge in [0.05, 0.1) is 17.1 Å². The SMILES string of the molecule is Cc1nc(Oc2ccccc2)nc(C)c1NC(=O)CCc1cccc(Cl)c1. The van der Waals surface area contributed by atoms with E-state index >= 15 is 0 Å². The van der Waals surface area contributed by atoms with Gasteiger partial charge in [-0.2, -0.15) is 9.97 Å². The molecule has 0 radical (unpaired) electrons. The standard InChI is InChI=1S/C21H20ClN3O2/c1-14-20(25-19(26)12-11-16-7-6-8-17(22)13-16)15(2)24-21(23-14)27-18-9-4-3-5-10-18/h3-10,13H,11-12H2,1-2H3,(H,25,26). The Hall–Kier alpha value is -2.92. The maximum absolute atomic E-state index is 12.3. The average Bonchev–Trinajstić information content (AvgIpc) is 2.64. The summed E-state index contributed by atoms with van der Waals surface area (Å²) >= 11 is 5.98. The van der Waals surface area contributed by atoms with Crippen LogP contribution in [-0.4, -0.2) is 15.9 Å². The quantitative estimate of drug-likeness (QED) is 0.644. The second kappa shape index (κ2) is 8.64. The van der Waals surface area contributed by atoms with Gasteiger partial charge in [0.15, 0.2) is 0 Å². The zero-order chi connectivity index (χ0) is 19.2. The minimum absolute atomic E-state index is 0.0958. The van der Waals surface area contributed by atoms with Crippen molar-refractivity contribution in [3.63, 3.8) is 0 Å². The number of carbonyl (C=O) groups excluding carboxylic acids is 1. The van der Waals surface area contributed by atoms with Gasteiger partial charge in [0.25, 0.3) is 0 Å². The van der Waals surface area contributed by atoms with Crippen LogP contribution in [0.1, 0.15) is 23.4 Å². The molecule has 5 nitrogen and oxygen atoms in total. The Morgan fingerprint density at radius 1 is 1.04 bits per heavy atom. The highest BCUT2D eigenvalue weighted by molar-refractivity contribution is 6.30. The van der Waals surface area contributed by atoms with Gasteiger partial charge in [0.2, 0.25) is 5.91 Å². The molecule has 0 aliphatic heterocycles. The second-order valence-corrected chi connectivity index (χ2v) is 6.58. The fourth-order valence-corrected chi connectivity index (χ4v) is 2.87. The molecule has 1 amide bonds. The number of amides is 1. The van der Waals surface area contributed by atoms with E-state index in [0.717, 1.165) is 5.56 Å². The van der Waals surface area contributed by atoms with E-state index < -0.39 is 0 Å². The van der Waals surface area contributed by atoms with Gasteiger partial charge < -0.3 is 10.1 Å². The third-order valence-electron chi connectivity index (χ3n) is 4.00. The van der Waals surface area contributed by atoms with Crippen LogP contribution in [0, 0.1) is 13.8 Å². The minimum atomic E-state index is -0.0958. The number of rotatable bonds is 6. The predicted molar refractivity (Wildman–Crippen MR) is 106 cm³/mol. The van der Waals surface area contributed by atoms with Crippen molar-refractivity contribution in [3.8, 4) is 11.8 Å². The van der Waals surface area contributed by atoms with Crippen LogP contribution >= 0.6 is 11.6 Å². The number of nitrogens with one attached hydrogen (secondary N) is 1. The van der Waals surface area contributed by atoms with E-state index in [1.807, 2.05) is 68.4 Å². The summed E-state index contributed by atoms with van der Waals surface area (Å²) in [5.41, 5.74) is 2.95. The number of anilines is 1. The van der Waals surface area contributed by atoms with E-state index in [-0.39, 0.29) is 11.9 Å². The number of hydrogen-bond acceptors (Lipinski definition) is 4. The molecular weight excluding hydrogens is 362 g/mol. The topological polar surface area (TPSA) is 64.1 Å². The lowest BCUT2D eigenvalue weighted by atomic mass is 10.1. The van der Waals surface area contributed by atoms with Crippen LogP contribution in [-0.2, 0) is 11.2 Å². The van der Waals surface area contributed by atoms with Crippen molar-refractivity contribution >= 4 is 23.2 Å². The lowest BCUT2D eigenvalue weighted by Gasteiger charge is -2.12. The number of ether oxygens (including phenoxy) is 1. The highest BCUT2D eigenvalue weighted by Gasteiger charge is 2.13. The van der Waals surface area contributed by atoms with E-state index in [2.05, 4.69) is 15.3 Å². The summed E-state index contributed by atoms with van der Waals surface area (Å²) in [6.45, 7) is 3.64. The van der Waals surface area contributed by atoms with Gasteiger partial charge >= 0.3 is 6.01 Å². The number of hydrogen-bond donors (Lipinski definition) is 1. The normalized spacial score (nSPS) is 10.5. The van der Waals surface area contributed by atoms with Crippen LogP contribution in [0.4, 0.5) is 5.69 Å². The maximum Gasteiger partial charge on any atom is 0.322 e. The van der Waals surface area contributed by atoms with Crippen molar-refractivity contribution in [2.24, 2.45) is 0 Å². The largest absolute Gasteiger partial charge is 0.424 e. The average molecular weight is 382 g/mol. The van der Waals surface area contributed by atoms with Gasteiger partial charge in [-0.1, -0.05) is 41.9 Å². The zero-order valence-electron chi connectivity index (χ0n) is 15.2. The predicted octanol–water partition coefficient (Wildman–Crippen LogP) is 5.11. The lowest BCUT2D eigenvalue weighted by molar-refractivity contribution is -0.116. The van der Waals surface area contributed by atoms with Crippen molar-refractivity contribution in [3.05, 3.63) is 76.6 Å². The van der Waals surface area contributed by atoms with Gasteiger partial charge in [-0.25, -0.2) is 0 Å². The van der Waals surface area contributed by atoms with E-state index in [0.29, 0.717) is 40.7 Å². The summed E-state index contributed by atoms with van der Waals surface area (Å²) in [4.78, 5) is 21.0. The molecule has 0 fully saturated rings. The summed E-state index contributed by atoms with van der Waals surface area (Å²) in [5.74, 6) is 0.566. The molecule has 0 aliphatic rings. The first kappa shape index (κ1) is 18.9. The molecule has 0 atom stereocenters. The number of carbonyl (C=O) groups is 1. The number of halogens is 1. The molecule has 2 aromatic carbocycles. The molecule has 0 unspecified atom stereocenters. The van der Waals surface area contributed by atoms with E-state index in [4.69, 9.17) is 16.3 Å². The van der Waals surface area contributed by atoms with E-state index in [1.165, 1.54) is 0 Å². The summed E-state index contributed by atoms with van der Waals surface area (Å²) in [7, 11) is 0. The van der Waals surface area contributed by atoms with E-state index in [1.54, 1.807) is 0 Å². The highest BCUT2D eigenvalue weighted by Crippen LogP contribution is 2.23. The Kier molecular flexibility index (Phi) is 6.04. The van der Waals surface area contributed by atoms with Crippen LogP contribution in [0.25, 0.3) is 0 Å². The molecule has 1 heterocycles. The third kappa shape index (κ3) is 5.28. The van der Waals surface area contributed by atoms with Gasteiger partial charge in [-0.05, 0) is 50.1 Å². The summed E-state index contributed by atoms with van der Waals surface area (Å²) < 4.78 is 5.67. The molecule has 3 rings (SSSR count). The number of aromatic nitrogens is 2. The van der Waals surface area contributed by atoms with Crippen LogP contribution in [0.15, 0.2) is 54.6 Å². The Labute approximate surface area is 163 Å². The first-order valence-corrected chi connectivity index (χ1v) is 9.01. The molecule has 1 aromatic heterocycles. The molecule has 0 saturated heterocycles. The van der Waals surface area contributed by atoms with Crippen molar-refractivity contribution < 1.29 is 9.53 Å². The van der Waals surface area contributed by atoms with Gasteiger partial charge in [-0.3, -0.25) is 4.79 Å². The smallest absolute Gasteiger partial charge is 0.322 e. The van der Waals surface area contributed by atoms with Crippen LogP contribution in [0.5, 0.6) is 11.8 Å². The molecular formula is C21H20ClN3O2. The van der Waals surface area contributed by atoms with Gasteiger partial charge in [0.1, 0.15) is 5.75 Å². The number of para-hydroxylation sites is 1. The maximum atomic E-state index is 12.3. The van der Waals surface area contributed by atoms with E-state index in [9.17, 15) is 4.79 Å². The Morgan fingerprint density at radius 2 is 1.74 bits per heavy atom. The minimum Gasteiger partial charge on any atom is -0.424 e. The molecule has 1 N–H and O–H groups in total. The summed E-state index contributed by atoms with van der Waals surface area (Å²) in [6.07, 6.45) is 0.960. The molecule has 0 aliphatic carbocycles. The first-order chi connectivity index (χ1) is 13.0. The van der Waals surface area contributed by atoms with Crippen molar-refractivity contribution in [1.29, 1.82) is 0 Å². The number of benzene rings is 2. The van der Waals surface area contributed by atoms with Gasteiger partial charge in [0, 0.05) is 11.4 Å². The van der Waals surface area contributed by atoms with Crippen LogP contribution in [0.2, 0.25) is 5.02 Å². The zero-order valence-corrected chi connectivity index (χ0v) is 16.0.